The van der Waals surface area contributed by atoms with E-state index in [-0.39, 0.29) is 18.2 Å². The molecule has 1 N–H and O–H groups in total. The molecule has 39 heavy (non-hydrogen) atoms. The van der Waals surface area contributed by atoms with Gasteiger partial charge in [-0.15, -0.1) is 0 Å². The van der Waals surface area contributed by atoms with Crippen molar-refractivity contribution in [2.75, 3.05) is 13.1 Å². The summed E-state index contributed by atoms with van der Waals surface area (Å²) in [5.74, 6) is 0. The Morgan fingerprint density at radius 3 is 2.49 bits per heavy atom. The van der Waals surface area contributed by atoms with E-state index in [0.29, 0.717) is 5.56 Å². The second-order valence-electron chi connectivity index (χ2n) is 11.1. The third-order valence-corrected chi connectivity index (χ3v) is 7.18. The molecule has 0 radical (unpaired) electrons. The summed E-state index contributed by atoms with van der Waals surface area (Å²) in [5.41, 5.74) is 4.33. The van der Waals surface area contributed by atoms with Gasteiger partial charge in [-0.05, 0) is 79.3 Å². The standard InChI is InChI=1S/C33H34N4O2/c1-33(2,3)39-32(38)36-27-15-18-37(19-16-27)31(26-10-7-17-35-22-26)24-13-14-25(21-34)30(20-24)29-12-6-9-23-8-4-5-11-28(23)29/h4-14,17,20,22,27,31H,15-16,18-19H2,1-3H3,(H,36,38). The lowest BCUT2D eigenvalue weighted by molar-refractivity contribution is 0.0472. The number of nitrogens with zero attached hydrogens (tertiary/aromatic N) is 3. The minimum absolute atomic E-state index is 0.0253. The van der Waals surface area contributed by atoms with Gasteiger partial charge in [0.15, 0.2) is 0 Å². The summed E-state index contributed by atoms with van der Waals surface area (Å²) in [7, 11) is 0. The van der Waals surface area contributed by atoms with Crippen LogP contribution in [0.15, 0.2) is 85.2 Å². The molecule has 1 saturated heterocycles. The van der Waals surface area contributed by atoms with Gasteiger partial charge in [0.2, 0.25) is 0 Å². The van der Waals surface area contributed by atoms with Gasteiger partial charge < -0.3 is 10.1 Å². The van der Waals surface area contributed by atoms with Crippen molar-refractivity contribution in [3.63, 3.8) is 0 Å². The molecule has 0 saturated carbocycles. The lowest BCUT2D eigenvalue weighted by atomic mass is 9.89. The van der Waals surface area contributed by atoms with Crippen molar-refractivity contribution in [2.45, 2.75) is 51.3 Å². The molecule has 1 aliphatic rings. The van der Waals surface area contributed by atoms with E-state index < -0.39 is 5.60 Å². The number of ether oxygens (including phenoxy) is 1. The molecule has 1 fully saturated rings. The normalized spacial score (nSPS) is 15.4. The third kappa shape index (κ3) is 6.10. The number of hydrogen-bond acceptors (Lipinski definition) is 5. The topological polar surface area (TPSA) is 78.2 Å². The van der Waals surface area contributed by atoms with Crippen LogP contribution in [0.25, 0.3) is 21.9 Å². The predicted molar refractivity (Wildman–Crippen MR) is 154 cm³/mol. The molecule has 1 unspecified atom stereocenters. The van der Waals surface area contributed by atoms with Crippen molar-refractivity contribution in [1.82, 2.24) is 15.2 Å². The second kappa shape index (κ2) is 11.3. The van der Waals surface area contributed by atoms with Crippen LogP contribution < -0.4 is 5.32 Å². The molecule has 1 aliphatic heterocycles. The summed E-state index contributed by atoms with van der Waals surface area (Å²) in [5, 5.41) is 15.3. The van der Waals surface area contributed by atoms with Crippen LogP contribution in [0.5, 0.6) is 0 Å². The van der Waals surface area contributed by atoms with Crippen molar-refractivity contribution < 1.29 is 9.53 Å². The molecule has 0 spiro atoms. The number of fused-ring (bicyclic) bond motifs is 1. The van der Waals surface area contributed by atoms with Crippen LogP contribution in [0, 0.1) is 11.3 Å². The number of carbonyl (C=O) groups excluding carboxylic acids is 1. The number of hydrogen-bond donors (Lipinski definition) is 1. The molecule has 6 heteroatoms. The molecule has 4 aromatic rings. The molecular weight excluding hydrogens is 484 g/mol. The van der Waals surface area contributed by atoms with E-state index in [0.717, 1.165) is 59.0 Å². The molecule has 198 valence electrons. The SMILES string of the molecule is CC(C)(C)OC(=O)NC1CCN(C(c2cccnc2)c2ccc(C#N)c(-c3cccc4ccccc34)c2)CC1. The molecule has 3 aromatic carbocycles. The van der Waals surface area contributed by atoms with Crippen molar-refractivity contribution in [3.8, 4) is 17.2 Å². The zero-order valence-corrected chi connectivity index (χ0v) is 22.7. The first kappa shape index (κ1) is 26.4. The van der Waals surface area contributed by atoms with Crippen molar-refractivity contribution in [3.05, 3.63) is 102 Å². The Morgan fingerprint density at radius 1 is 1.00 bits per heavy atom. The zero-order valence-electron chi connectivity index (χ0n) is 22.7. The first-order chi connectivity index (χ1) is 18.8. The molecule has 1 atom stereocenters. The Morgan fingerprint density at radius 2 is 1.77 bits per heavy atom. The molecule has 0 bridgehead atoms. The smallest absolute Gasteiger partial charge is 0.407 e. The van der Waals surface area contributed by atoms with Gasteiger partial charge in [0, 0.05) is 37.1 Å². The van der Waals surface area contributed by atoms with Crippen LogP contribution in [0.3, 0.4) is 0 Å². The Hall–Kier alpha value is -4.21. The summed E-state index contributed by atoms with van der Waals surface area (Å²) in [6.45, 7) is 7.24. The molecule has 1 amide bonds. The number of rotatable bonds is 5. The van der Waals surface area contributed by atoms with Crippen molar-refractivity contribution >= 4 is 16.9 Å². The van der Waals surface area contributed by atoms with Crippen molar-refractivity contribution in [2.24, 2.45) is 0 Å². The summed E-state index contributed by atoms with van der Waals surface area (Å²) >= 11 is 0. The first-order valence-corrected chi connectivity index (χ1v) is 13.5. The lowest BCUT2D eigenvalue weighted by Gasteiger charge is -2.38. The molecule has 6 nitrogen and oxygen atoms in total. The fourth-order valence-corrected chi connectivity index (χ4v) is 5.44. The Kier molecular flexibility index (Phi) is 7.63. The molecule has 0 aliphatic carbocycles. The van der Waals surface area contributed by atoms with Crippen LogP contribution in [0.4, 0.5) is 4.79 Å². The Labute approximate surface area is 230 Å². The van der Waals surface area contributed by atoms with E-state index >= 15 is 0 Å². The molecule has 5 rings (SSSR count). The van der Waals surface area contributed by atoms with Crippen LogP contribution in [-0.2, 0) is 4.74 Å². The maximum absolute atomic E-state index is 12.3. The Bertz CT molecular complexity index is 1490. The first-order valence-electron chi connectivity index (χ1n) is 13.5. The fourth-order valence-electron chi connectivity index (χ4n) is 5.44. The largest absolute Gasteiger partial charge is 0.444 e. The Balaban J connectivity index is 1.47. The van der Waals surface area contributed by atoms with E-state index in [1.54, 1.807) is 6.20 Å². The number of nitrogens with one attached hydrogen (secondary N) is 1. The highest BCUT2D eigenvalue weighted by atomic mass is 16.6. The maximum atomic E-state index is 12.3. The van der Waals surface area contributed by atoms with Gasteiger partial charge in [-0.1, -0.05) is 54.6 Å². The summed E-state index contributed by atoms with van der Waals surface area (Å²) in [4.78, 5) is 19.2. The average Bonchev–Trinajstić information content (AvgIpc) is 2.93. The van der Waals surface area contributed by atoms with Gasteiger partial charge in [-0.2, -0.15) is 5.26 Å². The second-order valence-corrected chi connectivity index (χ2v) is 11.1. The maximum Gasteiger partial charge on any atom is 0.407 e. The number of alkyl carbamates (subject to hydrolysis) is 1. The summed E-state index contributed by atoms with van der Waals surface area (Å²) in [6.07, 6.45) is 4.99. The number of aromatic nitrogens is 1. The van der Waals surface area contributed by atoms with Gasteiger partial charge in [-0.3, -0.25) is 9.88 Å². The van der Waals surface area contributed by atoms with Crippen molar-refractivity contribution in [1.29, 1.82) is 5.26 Å². The minimum atomic E-state index is -0.520. The van der Waals surface area contributed by atoms with E-state index in [1.165, 1.54) is 0 Å². The van der Waals surface area contributed by atoms with Gasteiger partial charge in [-0.25, -0.2) is 4.79 Å². The fraction of sp³-hybridized carbons (Fsp3) is 0.303. The zero-order chi connectivity index (χ0) is 27.4. The monoisotopic (exact) mass is 518 g/mol. The van der Waals surface area contributed by atoms with Crippen LogP contribution in [0.2, 0.25) is 0 Å². The minimum Gasteiger partial charge on any atom is -0.444 e. The highest BCUT2D eigenvalue weighted by Crippen LogP contribution is 2.36. The highest BCUT2D eigenvalue weighted by molar-refractivity contribution is 5.97. The quantitative estimate of drug-likeness (QED) is 0.313. The predicted octanol–water partition coefficient (Wildman–Crippen LogP) is 6.85. The van der Waals surface area contributed by atoms with Gasteiger partial charge >= 0.3 is 6.09 Å². The lowest BCUT2D eigenvalue weighted by Crippen LogP contribution is -2.47. The number of nitriles is 1. The average molecular weight is 519 g/mol. The number of carbonyl (C=O) groups is 1. The van der Waals surface area contributed by atoms with Crippen LogP contribution in [-0.4, -0.2) is 40.7 Å². The van der Waals surface area contributed by atoms with Gasteiger partial charge in [0.1, 0.15) is 5.60 Å². The number of likely N-dealkylation sites (tertiary alicyclic amines) is 1. The number of piperidine rings is 1. The van der Waals surface area contributed by atoms with E-state index in [2.05, 4.69) is 63.7 Å². The van der Waals surface area contributed by atoms with Crippen LogP contribution >= 0.6 is 0 Å². The molecular formula is C33H34N4O2. The molecule has 1 aromatic heterocycles. The number of pyridine rings is 1. The van der Waals surface area contributed by atoms with E-state index in [4.69, 9.17) is 4.74 Å². The third-order valence-electron chi connectivity index (χ3n) is 7.18. The highest BCUT2D eigenvalue weighted by Gasteiger charge is 2.30. The number of amides is 1. The summed E-state index contributed by atoms with van der Waals surface area (Å²) < 4.78 is 5.46. The van der Waals surface area contributed by atoms with E-state index in [1.807, 2.05) is 57.3 Å². The van der Waals surface area contributed by atoms with E-state index in [9.17, 15) is 10.1 Å². The number of benzene rings is 3. The summed E-state index contributed by atoms with van der Waals surface area (Å²) in [6, 6.07) is 27.2. The van der Waals surface area contributed by atoms with Crippen LogP contribution in [0.1, 0.15) is 56.3 Å². The van der Waals surface area contributed by atoms with Gasteiger partial charge in [0.25, 0.3) is 0 Å². The molecule has 2 heterocycles. The van der Waals surface area contributed by atoms with Gasteiger partial charge in [0.05, 0.1) is 17.7 Å².